The van der Waals surface area contributed by atoms with Crippen molar-refractivity contribution in [1.29, 1.82) is 0 Å². The van der Waals surface area contributed by atoms with E-state index in [1.165, 1.54) is 17.5 Å². The molecule has 0 bridgehead atoms. The van der Waals surface area contributed by atoms with Crippen molar-refractivity contribution in [3.05, 3.63) is 53.6 Å². The van der Waals surface area contributed by atoms with Crippen molar-refractivity contribution in [2.75, 3.05) is 39.2 Å². The molecular formula is C22H28N2O3. The van der Waals surface area contributed by atoms with Crippen LogP contribution in [0, 0.1) is 0 Å². The van der Waals surface area contributed by atoms with Gasteiger partial charge in [-0.3, -0.25) is 4.79 Å². The van der Waals surface area contributed by atoms with E-state index in [0.717, 1.165) is 43.0 Å². The third kappa shape index (κ3) is 6.00. The van der Waals surface area contributed by atoms with Crippen molar-refractivity contribution < 1.29 is 14.3 Å². The van der Waals surface area contributed by atoms with Gasteiger partial charge in [0.15, 0.2) is 6.61 Å². The van der Waals surface area contributed by atoms with Gasteiger partial charge in [-0.15, -0.1) is 0 Å². The van der Waals surface area contributed by atoms with E-state index < -0.39 is 0 Å². The molecule has 2 aromatic carbocycles. The summed E-state index contributed by atoms with van der Waals surface area (Å²) in [4.78, 5) is 14.2. The fourth-order valence-electron chi connectivity index (χ4n) is 3.19. The number of aryl methyl sites for hydroxylation is 2. The molecule has 1 amide bonds. The Bertz CT molecular complexity index is 757. The second-order valence-corrected chi connectivity index (χ2v) is 7.15. The van der Waals surface area contributed by atoms with Crippen LogP contribution in [0.15, 0.2) is 42.5 Å². The highest BCUT2D eigenvalue weighted by Gasteiger charge is 2.12. The number of rotatable bonds is 9. The Kier molecular flexibility index (Phi) is 6.71. The molecule has 144 valence electrons. The van der Waals surface area contributed by atoms with E-state index in [0.29, 0.717) is 6.61 Å². The van der Waals surface area contributed by atoms with E-state index in [1.807, 2.05) is 44.4 Å². The third-order valence-electron chi connectivity index (χ3n) is 4.60. The number of benzene rings is 2. The fourth-order valence-corrected chi connectivity index (χ4v) is 3.19. The summed E-state index contributed by atoms with van der Waals surface area (Å²) in [5, 5.41) is 2.85. The second-order valence-electron chi connectivity index (χ2n) is 7.15. The number of fused-ring (bicyclic) bond motifs is 1. The highest BCUT2D eigenvalue weighted by molar-refractivity contribution is 5.91. The summed E-state index contributed by atoms with van der Waals surface area (Å²) in [6, 6.07) is 13.5. The maximum absolute atomic E-state index is 12.1. The number of hydrogen-bond acceptors (Lipinski definition) is 4. The number of hydrogen-bond donors (Lipinski definition) is 1. The average molecular weight is 368 g/mol. The van der Waals surface area contributed by atoms with Crippen molar-refractivity contribution in [3.8, 4) is 11.5 Å². The van der Waals surface area contributed by atoms with Crippen LogP contribution < -0.4 is 14.8 Å². The van der Waals surface area contributed by atoms with Crippen LogP contribution in [0.1, 0.15) is 24.0 Å². The molecule has 0 saturated carbocycles. The molecule has 2 aromatic rings. The number of amides is 1. The maximum Gasteiger partial charge on any atom is 0.262 e. The molecule has 0 radical (unpaired) electrons. The van der Waals surface area contributed by atoms with E-state index in [-0.39, 0.29) is 12.5 Å². The molecule has 0 fully saturated rings. The molecule has 0 aromatic heterocycles. The number of anilines is 1. The van der Waals surface area contributed by atoms with E-state index in [1.54, 1.807) is 0 Å². The molecule has 1 aliphatic rings. The fraction of sp³-hybridized carbons (Fsp3) is 0.409. The standard InChI is InChI=1S/C22H28N2O3/c1-24(2)13-4-14-26-20-11-8-19(9-12-20)23-22(25)16-27-21-10-7-17-5-3-6-18(17)15-21/h7-12,15H,3-6,13-14,16H2,1-2H3,(H,23,25). The largest absolute Gasteiger partial charge is 0.494 e. The van der Waals surface area contributed by atoms with Gasteiger partial charge in [-0.2, -0.15) is 0 Å². The Labute approximate surface area is 161 Å². The highest BCUT2D eigenvalue weighted by Crippen LogP contribution is 2.26. The molecule has 27 heavy (non-hydrogen) atoms. The summed E-state index contributed by atoms with van der Waals surface area (Å²) < 4.78 is 11.3. The van der Waals surface area contributed by atoms with E-state index in [9.17, 15) is 4.79 Å². The van der Waals surface area contributed by atoms with Crippen LogP contribution in [0.3, 0.4) is 0 Å². The van der Waals surface area contributed by atoms with Gasteiger partial charge in [-0.1, -0.05) is 6.07 Å². The summed E-state index contributed by atoms with van der Waals surface area (Å²) in [6.45, 7) is 1.68. The molecule has 1 N–H and O–H groups in total. The minimum absolute atomic E-state index is 0.00156. The minimum atomic E-state index is -0.171. The monoisotopic (exact) mass is 368 g/mol. The quantitative estimate of drug-likeness (QED) is 0.688. The maximum atomic E-state index is 12.1. The molecule has 0 spiro atoms. The SMILES string of the molecule is CN(C)CCCOc1ccc(NC(=O)COc2ccc3c(c2)CCC3)cc1. The zero-order chi connectivity index (χ0) is 19.1. The Morgan fingerprint density at radius 3 is 2.52 bits per heavy atom. The number of carbonyl (C=O) groups is 1. The van der Waals surface area contributed by atoms with Crippen LogP contribution in [0.4, 0.5) is 5.69 Å². The summed E-state index contributed by atoms with van der Waals surface area (Å²) >= 11 is 0. The topological polar surface area (TPSA) is 50.8 Å². The molecule has 0 aliphatic heterocycles. The first-order valence-electron chi connectivity index (χ1n) is 9.52. The minimum Gasteiger partial charge on any atom is -0.494 e. The first-order valence-corrected chi connectivity index (χ1v) is 9.52. The Morgan fingerprint density at radius 2 is 1.74 bits per heavy atom. The number of ether oxygens (including phenoxy) is 2. The van der Waals surface area contributed by atoms with Gasteiger partial charge < -0.3 is 19.7 Å². The zero-order valence-corrected chi connectivity index (χ0v) is 16.2. The van der Waals surface area contributed by atoms with Gasteiger partial charge in [-0.25, -0.2) is 0 Å². The van der Waals surface area contributed by atoms with E-state index >= 15 is 0 Å². The molecule has 1 aliphatic carbocycles. The Morgan fingerprint density at radius 1 is 1.00 bits per heavy atom. The lowest BCUT2D eigenvalue weighted by Crippen LogP contribution is -2.20. The predicted molar refractivity (Wildman–Crippen MR) is 108 cm³/mol. The van der Waals surface area contributed by atoms with Gasteiger partial charge in [0.1, 0.15) is 11.5 Å². The van der Waals surface area contributed by atoms with E-state index in [4.69, 9.17) is 9.47 Å². The Hall–Kier alpha value is -2.53. The summed E-state index contributed by atoms with van der Waals surface area (Å²) in [5.74, 6) is 1.39. The van der Waals surface area contributed by atoms with Gasteiger partial charge >= 0.3 is 0 Å². The van der Waals surface area contributed by atoms with E-state index in [2.05, 4.69) is 22.3 Å². The van der Waals surface area contributed by atoms with Gasteiger partial charge in [0.2, 0.25) is 0 Å². The molecule has 5 heteroatoms. The third-order valence-corrected chi connectivity index (χ3v) is 4.60. The lowest BCUT2D eigenvalue weighted by molar-refractivity contribution is -0.118. The lowest BCUT2D eigenvalue weighted by Gasteiger charge is -2.11. The predicted octanol–water partition coefficient (Wildman–Crippen LogP) is 3.52. The summed E-state index contributed by atoms with van der Waals surface area (Å²) in [5.41, 5.74) is 3.48. The summed E-state index contributed by atoms with van der Waals surface area (Å²) in [7, 11) is 4.09. The molecule has 0 unspecified atom stereocenters. The van der Waals surface area contributed by atoms with Crippen molar-refractivity contribution >= 4 is 11.6 Å². The van der Waals surface area contributed by atoms with Crippen LogP contribution >= 0.6 is 0 Å². The summed E-state index contributed by atoms with van der Waals surface area (Å²) in [6.07, 6.45) is 4.42. The number of carbonyl (C=O) groups excluding carboxylic acids is 1. The molecule has 0 atom stereocenters. The highest BCUT2D eigenvalue weighted by atomic mass is 16.5. The van der Waals surface area contributed by atoms with Gasteiger partial charge in [0.25, 0.3) is 5.91 Å². The van der Waals surface area contributed by atoms with Crippen molar-refractivity contribution in [2.24, 2.45) is 0 Å². The normalized spacial score (nSPS) is 12.7. The van der Waals surface area contributed by atoms with Crippen molar-refractivity contribution in [3.63, 3.8) is 0 Å². The molecule has 0 saturated heterocycles. The first kappa shape index (κ1) is 19.2. The molecule has 5 nitrogen and oxygen atoms in total. The molecule has 0 heterocycles. The molecular weight excluding hydrogens is 340 g/mol. The van der Waals surface area contributed by atoms with Crippen LogP contribution in [0.25, 0.3) is 0 Å². The number of nitrogens with zero attached hydrogens (tertiary/aromatic N) is 1. The zero-order valence-electron chi connectivity index (χ0n) is 16.2. The van der Waals surface area contributed by atoms with Gasteiger partial charge in [0.05, 0.1) is 6.61 Å². The smallest absolute Gasteiger partial charge is 0.262 e. The van der Waals surface area contributed by atoms with Crippen LogP contribution in [0.2, 0.25) is 0 Å². The second kappa shape index (κ2) is 9.42. The van der Waals surface area contributed by atoms with Crippen LogP contribution in [-0.4, -0.2) is 44.7 Å². The molecule has 3 rings (SSSR count). The lowest BCUT2D eigenvalue weighted by atomic mass is 10.1. The van der Waals surface area contributed by atoms with Crippen molar-refractivity contribution in [2.45, 2.75) is 25.7 Å². The first-order chi connectivity index (χ1) is 13.1. The van der Waals surface area contributed by atoms with Crippen LogP contribution in [0.5, 0.6) is 11.5 Å². The Balaban J connectivity index is 1.41. The van der Waals surface area contributed by atoms with Gasteiger partial charge in [0, 0.05) is 12.2 Å². The van der Waals surface area contributed by atoms with Crippen molar-refractivity contribution in [1.82, 2.24) is 4.90 Å². The number of nitrogens with one attached hydrogen (secondary N) is 1. The van der Waals surface area contributed by atoms with Gasteiger partial charge in [-0.05, 0) is 87.3 Å². The average Bonchev–Trinajstić information content (AvgIpc) is 3.12. The van der Waals surface area contributed by atoms with Crippen LogP contribution in [-0.2, 0) is 17.6 Å².